The van der Waals surface area contributed by atoms with Gasteiger partial charge in [0.25, 0.3) is 0 Å². The molecule has 0 fully saturated rings. The van der Waals surface area contributed by atoms with Crippen LogP contribution in [0.15, 0.2) is 0 Å². The van der Waals surface area contributed by atoms with Gasteiger partial charge in [-0.15, -0.1) is 0 Å². The molecule has 0 aliphatic carbocycles. The van der Waals surface area contributed by atoms with E-state index in [-0.39, 0.29) is 0 Å². The van der Waals surface area contributed by atoms with E-state index in [9.17, 15) is 114 Å². The van der Waals surface area contributed by atoms with Crippen LogP contribution in [0.2, 0.25) is 0 Å². The van der Waals surface area contributed by atoms with Crippen molar-refractivity contribution in [2.24, 2.45) is 0 Å². The number of ether oxygens (including phenoxy) is 2. The summed E-state index contributed by atoms with van der Waals surface area (Å²) >= 11 is 0. The Balaban J connectivity index is 5.16. The zero-order valence-electron chi connectivity index (χ0n) is 21.6. The summed E-state index contributed by atoms with van der Waals surface area (Å²) in [5.74, 6) is -76.7. The molecule has 0 saturated carbocycles. The average molecular weight is 768 g/mol. The molecule has 0 saturated heterocycles. The Morgan fingerprint density at radius 1 is 0.255 bits per heavy atom. The molecule has 28 heteroatoms. The molecular formula is C19H14F26O2. The molecule has 0 N–H and O–H groups in total. The van der Waals surface area contributed by atoms with Gasteiger partial charge in [-0.25, -0.2) is 0 Å². The first-order valence-corrected chi connectivity index (χ1v) is 11.3. The SMILES string of the molecule is FC(F)(F)C(F)(F)C(F)(F)C(F)(F)C(F)(F)C(F)(F)CCOCCCOCCC(F)(F)C(F)(F)C(F)(F)C(F)(F)C(F)(F)C(F)(F)F. The van der Waals surface area contributed by atoms with E-state index in [0.29, 0.717) is 0 Å². The van der Waals surface area contributed by atoms with Gasteiger partial charge in [0.2, 0.25) is 0 Å². The van der Waals surface area contributed by atoms with Crippen molar-refractivity contribution in [1.82, 2.24) is 0 Å². The van der Waals surface area contributed by atoms with Crippen molar-refractivity contribution in [2.45, 2.75) is 90.8 Å². The molecule has 0 heterocycles. The van der Waals surface area contributed by atoms with Gasteiger partial charge in [0.15, 0.2) is 0 Å². The van der Waals surface area contributed by atoms with Crippen molar-refractivity contribution in [3.8, 4) is 0 Å². The van der Waals surface area contributed by atoms with Gasteiger partial charge in [0.05, 0.1) is 13.2 Å². The molecule has 2 nitrogen and oxygen atoms in total. The summed E-state index contributed by atoms with van der Waals surface area (Å²) in [6, 6.07) is 0. The minimum Gasteiger partial charge on any atom is -0.381 e. The van der Waals surface area contributed by atoms with E-state index in [4.69, 9.17) is 0 Å². The maximum atomic E-state index is 13.6. The molecule has 0 amide bonds. The Labute approximate surface area is 242 Å². The van der Waals surface area contributed by atoms with Gasteiger partial charge in [0, 0.05) is 26.1 Å². The third-order valence-corrected chi connectivity index (χ3v) is 5.69. The second kappa shape index (κ2) is 13.1. The van der Waals surface area contributed by atoms with Crippen LogP contribution in [0, 0.1) is 0 Å². The highest BCUT2D eigenvalue weighted by Crippen LogP contribution is 2.62. The topological polar surface area (TPSA) is 18.5 Å². The van der Waals surface area contributed by atoms with Crippen LogP contribution in [0.25, 0.3) is 0 Å². The summed E-state index contributed by atoms with van der Waals surface area (Å²) in [5.41, 5.74) is 0. The predicted octanol–water partition coefficient (Wildman–Crippen LogP) is 9.67. The van der Waals surface area contributed by atoms with E-state index in [1.165, 1.54) is 0 Å². The van der Waals surface area contributed by atoms with Crippen LogP contribution in [-0.4, -0.2) is 98.0 Å². The second-order valence-electron chi connectivity index (χ2n) is 9.08. The second-order valence-corrected chi connectivity index (χ2v) is 9.08. The Bertz CT molecular complexity index is 944. The molecule has 0 aliphatic heterocycles. The first-order chi connectivity index (χ1) is 20.2. The predicted molar refractivity (Wildman–Crippen MR) is 97.1 cm³/mol. The van der Waals surface area contributed by atoms with Crippen molar-refractivity contribution < 1.29 is 124 Å². The lowest BCUT2D eigenvalue weighted by Gasteiger charge is -2.39. The lowest BCUT2D eigenvalue weighted by Crippen LogP contribution is -2.70. The lowest BCUT2D eigenvalue weighted by atomic mass is 9.93. The minimum atomic E-state index is -8.16. The molecule has 0 aromatic carbocycles. The lowest BCUT2D eigenvalue weighted by molar-refractivity contribution is -0.440. The highest BCUT2D eigenvalue weighted by molar-refractivity contribution is 5.11. The first kappa shape index (κ1) is 45.1. The molecule has 0 aromatic rings. The zero-order valence-corrected chi connectivity index (χ0v) is 21.6. The standard InChI is InChI=1S/C19H14F26O2/c20-8(21,10(24,25)12(28,29)14(32,33)16(36,37)18(40,41)42)2-6-46-4-1-5-47-7-3-9(22,23)11(26,27)13(30,31)15(34,35)17(38,39)19(43,44)45/h1-7H2. The largest absolute Gasteiger partial charge is 0.460 e. The fourth-order valence-corrected chi connectivity index (χ4v) is 2.79. The van der Waals surface area contributed by atoms with Crippen LogP contribution in [0.4, 0.5) is 114 Å². The van der Waals surface area contributed by atoms with E-state index < -0.39 is 117 Å². The van der Waals surface area contributed by atoms with Gasteiger partial charge in [-0.3, -0.25) is 0 Å². The van der Waals surface area contributed by atoms with Crippen LogP contribution in [-0.2, 0) is 9.47 Å². The molecule has 0 aromatic heterocycles. The van der Waals surface area contributed by atoms with Crippen molar-refractivity contribution in [1.29, 1.82) is 0 Å². The fraction of sp³-hybridized carbons (Fsp3) is 1.00. The van der Waals surface area contributed by atoms with Gasteiger partial charge in [-0.1, -0.05) is 0 Å². The first-order valence-electron chi connectivity index (χ1n) is 11.3. The third-order valence-electron chi connectivity index (χ3n) is 5.69. The van der Waals surface area contributed by atoms with Crippen molar-refractivity contribution >= 4 is 0 Å². The van der Waals surface area contributed by atoms with Crippen LogP contribution < -0.4 is 0 Å². The number of hydrogen-bond donors (Lipinski definition) is 0. The monoisotopic (exact) mass is 768 g/mol. The Morgan fingerprint density at radius 3 is 0.681 bits per heavy atom. The number of rotatable bonds is 18. The minimum absolute atomic E-state index is 0.901. The van der Waals surface area contributed by atoms with E-state index in [2.05, 4.69) is 9.47 Å². The maximum Gasteiger partial charge on any atom is 0.460 e. The zero-order chi connectivity index (χ0) is 38.4. The summed E-state index contributed by atoms with van der Waals surface area (Å²) < 4.78 is 345. The smallest absolute Gasteiger partial charge is 0.381 e. The molecule has 0 atom stereocenters. The quantitative estimate of drug-likeness (QED) is 0.102. The molecule has 0 unspecified atom stereocenters. The Morgan fingerprint density at radius 2 is 0.468 bits per heavy atom. The normalized spacial score (nSPS) is 16.2. The van der Waals surface area contributed by atoms with Gasteiger partial charge in [0.1, 0.15) is 0 Å². The highest BCUT2D eigenvalue weighted by atomic mass is 19.4. The van der Waals surface area contributed by atoms with Gasteiger partial charge in [-0.05, 0) is 6.42 Å². The molecule has 284 valence electrons. The van der Waals surface area contributed by atoms with Crippen LogP contribution in [0.5, 0.6) is 0 Å². The number of alkyl halides is 26. The van der Waals surface area contributed by atoms with E-state index in [0.717, 1.165) is 0 Å². The van der Waals surface area contributed by atoms with Crippen molar-refractivity contribution in [2.75, 3.05) is 26.4 Å². The molecular weight excluding hydrogens is 754 g/mol. The molecule has 47 heavy (non-hydrogen) atoms. The average Bonchev–Trinajstić information content (AvgIpc) is 2.85. The van der Waals surface area contributed by atoms with E-state index in [1.54, 1.807) is 0 Å². The highest BCUT2D eigenvalue weighted by Gasteiger charge is 2.92. The summed E-state index contributed by atoms with van der Waals surface area (Å²) in [4.78, 5) is 0. The van der Waals surface area contributed by atoms with Crippen LogP contribution in [0.3, 0.4) is 0 Å². The third kappa shape index (κ3) is 7.50. The van der Waals surface area contributed by atoms with Crippen molar-refractivity contribution in [3.05, 3.63) is 0 Å². The van der Waals surface area contributed by atoms with Crippen LogP contribution >= 0.6 is 0 Å². The summed E-state index contributed by atoms with van der Waals surface area (Å²) in [6.07, 6.45) is -21.8. The number of hydrogen-bond acceptors (Lipinski definition) is 2. The molecule has 0 bridgehead atoms. The van der Waals surface area contributed by atoms with Crippen molar-refractivity contribution in [3.63, 3.8) is 0 Å². The Kier molecular flexibility index (Phi) is 12.6. The van der Waals surface area contributed by atoms with Gasteiger partial charge >= 0.3 is 71.6 Å². The van der Waals surface area contributed by atoms with Crippen LogP contribution in [0.1, 0.15) is 19.3 Å². The van der Waals surface area contributed by atoms with Gasteiger partial charge < -0.3 is 9.47 Å². The molecule has 0 radical (unpaired) electrons. The Hall–Kier alpha value is -1.90. The van der Waals surface area contributed by atoms with E-state index in [1.807, 2.05) is 0 Å². The maximum absolute atomic E-state index is 13.6. The van der Waals surface area contributed by atoms with Gasteiger partial charge in [-0.2, -0.15) is 114 Å². The number of halogens is 26. The molecule has 0 aliphatic rings. The summed E-state index contributed by atoms with van der Waals surface area (Å²) in [6.45, 7) is -6.19. The summed E-state index contributed by atoms with van der Waals surface area (Å²) in [5, 5.41) is 0. The summed E-state index contributed by atoms with van der Waals surface area (Å²) in [7, 11) is 0. The fourth-order valence-electron chi connectivity index (χ4n) is 2.79. The van der Waals surface area contributed by atoms with E-state index >= 15 is 0 Å². The molecule has 0 rings (SSSR count). The molecule has 0 spiro atoms.